The van der Waals surface area contributed by atoms with Crippen LogP contribution in [-0.4, -0.2) is 40.2 Å². The molecule has 0 aliphatic carbocycles. The molecule has 2 atom stereocenters. The highest BCUT2D eigenvalue weighted by molar-refractivity contribution is 9.10. The molecule has 0 spiro atoms. The normalized spacial score (nSPS) is 14.1. The Morgan fingerprint density at radius 2 is 2.39 bits per heavy atom. The number of pyridine rings is 1. The summed E-state index contributed by atoms with van der Waals surface area (Å²) in [5, 5.41) is 12.1. The fourth-order valence-corrected chi connectivity index (χ4v) is 2.54. The van der Waals surface area contributed by atoms with E-state index >= 15 is 0 Å². The number of aliphatic hydroxyl groups is 1. The van der Waals surface area contributed by atoms with Crippen molar-refractivity contribution in [3.8, 4) is 0 Å². The van der Waals surface area contributed by atoms with E-state index in [1.807, 2.05) is 13.2 Å². The molecule has 2 N–H and O–H groups in total. The number of nitrogens with zero attached hydrogens (tertiary/aromatic N) is 1. The smallest absolute Gasteiger partial charge is 0.254 e. The molecule has 0 aliphatic heterocycles. The first-order valence-corrected chi connectivity index (χ1v) is 7.71. The molecule has 18 heavy (non-hydrogen) atoms. The van der Waals surface area contributed by atoms with Crippen molar-refractivity contribution in [3.05, 3.63) is 27.5 Å². The Kier molecular flexibility index (Phi) is 6.42. The Balaban J connectivity index is 2.79. The SMILES string of the molecule is CSC(CO)C(C)NC(=O)c1cc(Br)cnc1Cl. The van der Waals surface area contributed by atoms with Crippen LogP contribution in [-0.2, 0) is 0 Å². The zero-order valence-electron chi connectivity index (χ0n) is 9.98. The van der Waals surface area contributed by atoms with E-state index in [1.54, 1.807) is 6.07 Å². The number of carbonyl (C=O) groups excluding carboxylic acids is 1. The van der Waals surface area contributed by atoms with Gasteiger partial charge in [0.15, 0.2) is 0 Å². The van der Waals surface area contributed by atoms with Gasteiger partial charge < -0.3 is 10.4 Å². The van der Waals surface area contributed by atoms with Crippen molar-refractivity contribution in [3.63, 3.8) is 0 Å². The molecular formula is C11H14BrClN2O2S. The van der Waals surface area contributed by atoms with Gasteiger partial charge in [-0.1, -0.05) is 11.6 Å². The van der Waals surface area contributed by atoms with Gasteiger partial charge in [-0.2, -0.15) is 11.8 Å². The minimum absolute atomic E-state index is 0.00702. The molecule has 0 aliphatic rings. The fourth-order valence-electron chi connectivity index (χ4n) is 1.40. The topological polar surface area (TPSA) is 62.2 Å². The van der Waals surface area contributed by atoms with E-state index in [2.05, 4.69) is 26.2 Å². The molecule has 100 valence electrons. The molecular weight excluding hydrogens is 340 g/mol. The van der Waals surface area contributed by atoms with E-state index in [4.69, 9.17) is 16.7 Å². The molecule has 4 nitrogen and oxygen atoms in total. The van der Waals surface area contributed by atoms with Gasteiger partial charge in [0, 0.05) is 22.0 Å². The molecule has 0 aromatic carbocycles. The lowest BCUT2D eigenvalue weighted by atomic mass is 10.2. The molecule has 0 saturated heterocycles. The third-order valence-electron chi connectivity index (χ3n) is 2.45. The van der Waals surface area contributed by atoms with E-state index in [1.165, 1.54) is 18.0 Å². The van der Waals surface area contributed by atoms with E-state index < -0.39 is 0 Å². The molecule has 0 fully saturated rings. The lowest BCUT2D eigenvalue weighted by Gasteiger charge is -2.21. The number of aliphatic hydroxyl groups excluding tert-OH is 1. The van der Waals surface area contributed by atoms with Crippen LogP contribution in [0.15, 0.2) is 16.7 Å². The summed E-state index contributed by atoms with van der Waals surface area (Å²) in [4.78, 5) is 15.9. The monoisotopic (exact) mass is 352 g/mol. The number of hydrogen-bond donors (Lipinski definition) is 2. The Bertz CT molecular complexity index is 430. The number of rotatable bonds is 5. The van der Waals surface area contributed by atoms with Crippen molar-refractivity contribution in [1.29, 1.82) is 0 Å². The number of amides is 1. The van der Waals surface area contributed by atoms with Crippen molar-refractivity contribution in [2.24, 2.45) is 0 Å². The van der Waals surface area contributed by atoms with E-state index in [-0.39, 0.29) is 29.0 Å². The van der Waals surface area contributed by atoms with Crippen molar-refractivity contribution in [1.82, 2.24) is 10.3 Å². The molecule has 2 unspecified atom stereocenters. The number of halogens is 2. The highest BCUT2D eigenvalue weighted by Gasteiger charge is 2.20. The molecule has 7 heteroatoms. The van der Waals surface area contributed by atoms with Gasteiger partial charge in [0.25, 0.3) is 5.91 Å². The largest absolute Gasteiger partial charge is 0.395 e. The number of nitrogens with one attached hydrogen (secondary N) is 1. The summed E-state index contributed by atoms with van der Waals surface area (Å²) in [7, 11) is 0. The molecule has 0 saturated carbocycles. The minimum atomic E-state index is -0.297. The van der Waals surface area contributed by atoms with Crippen molar-refractivity contribution in [2.75, 3.05) is 12.9 Å². The number of thioether (sulfide) groups is 1. The second kappa shape index (κ2) is 7.33. The predicted molar refractivity (Wildman–Crippen MR) is 78.3 cm³/mol. The summed E-state index contributed by atoms with van der Waals surface area (Å²) in [5.74, 6) is -0.297. The van der Waals surface area contributed by atoms with Crippen LogP contribution in [0.3, 0.4) is 0 Å². The third-order valence-corrected chi connectivity index (χ3v) is 4.35. The zero-order valence-corrected chi connectivity index (χ0v) is 13.1. The van der Waals surface area contributed by atoms with Crippen LogP contribution in [0, 0.1) is 0 Å². The first-order valence-electron chi connectivity index (χ1n) is 5.25. The first kappa shape index (κ1) is 15.8. The number of hydrogen-bond acceptors (Lipinski definition) is 4. The third kappa shape index (κ3) is 4.12. The fraction of sp³-hybridized carbons (Fsp3) is 0.455. The summed E-state index contributed by atoms with van der Waals surface area (Å²) in [6.45, 7) is 1.85. The summed E-state index contributed by atoms with van der Waals surface area (Å²) >= 11 is 10.6. The van der Waals surface area contributed by atoms with Gasteiger partial charge in [0.05, 0.1) is 12.2 Å². The van der Waals surface area contributed by atoms with Crippen molar-refractivity contribution >= 4 is 45.2 Å². The van der Waals surface area contributed by atoms with Gasteiger partial charge in [0.2, 0.25) is 0 Å². The maximum atomic E-state index is 12.0. The highest BCUT2D eigenvalue weighted by atomic mass is 79.9. The second-order valence-corrected chi connectivity index (χ2v) is 6.06. The maximum Gasteiger partial charge on any atom is 0.254 e. The minimum Gasteiger partial charge on any atom is -0.395 e. The van der Waals surface area contributed by atoms with Crippen LogP contribution in [0.2, 0.25) is 5.15 Å². The van der Waals surface area contributed by atoms with Gasteiger partial charge in [-0.25, -0.2) is 4.98 Å². The van der Waals surface area contributed by atoms with E-state index in [9.17, 15) is 4.79 Å². The lowest BCUT2D eigenvalue weighted by Crippen LogP contribution is -2.41. The average molecular weight is 354 g/mol. The Labute approximate surface area is 124 Å². The van der Waals surface area contributed by atoms with Crippen molar-refractivity contribution in [2.45, 2.75) is 18.2 Å². The standard InChI is InChI=1S/C11H14BrClN2O2S/c1-6(9(5-16)18-2)15-11(17)8-3-7(12)4-14-10(8)13/h3-4,6,9,16H,5H2,1-2H3,(H,15,17). The van der Waals surface area contributed by atoms with Crippen LogP contribution < -0.4 is 5.32 Å². The van der Waals surface area contributed by atoms with Crippen LogP contribution in [0.1, 0.15) is 17.3 Å². The molecule has 1 amide bonds. The van der Waals surface area contributed by atoms with Gasteiger partial charge in [-0.15, -0.1) is 0 Å². The van der Waals surface area contributed by atoms with E-state index in [0.717, 1.165) is 0 Å². The second-order valence-electron chi connectivity index (χ2n) is 3.71. The Morgan fingerprint density at radius 3 is 2.94 bits per heavy atom. The van der Waals surface area contributed by atoms with Crippen LogP contribution in [0.4, 0.5) is 0 Å². The zero-order chi connectivity index (χ0) is 13.7. The molecule has 0 bridgehead atoms. The van der Waals surface area contributed by atoms with E-state index in [0.29, 0.717) is 10.0 Å². The Hall–Kier alpha value is -0.300. The number of aromatic nitrogens is 1. The Morgan fingerprint density at radius 1 is 1.72 bits per heavy atom. The van der Waals surface area contributed by atoms with Crippen LogP contribution in [0.25, 0.3) is 0 Å². The summed E-state index contributed by atoms with van der Waals surface area (Å²) in [5.41, 5.74) is 0.315. The van der Waals surface area contributed by atoms with Crippen molar-refractivity contribution < 1.29 is 9.90 Å². The number of carbonyl (C=O) groups is 1. The van der Waals surface area contributed by atoms with Crippen LogP contribution in [0.5, 0.6) is 0 Å². The first-order chi connectivity index (χ1) is 8.49. The van der Waals surface area contributed by atoms with Gasteiger partial charge in [-0.05, 0) is 35.2 Å². The van der Waals surface area contributed by atoms with Crippen LogP contribution >= 0.6 is 39.3 Å². The highest BCUT2D eigenvalue weighted by Crippen LogP contribution is 2.18. The molecule has 1 rings (SSSR count). The molecule has 1 heterocycles. The van der Waals surface area contributed by atoms with Gasteiger partial charge >= 0.3 is 0 Å². The van der Waals surface area contributed by atoms with Gasteiger partial charge in [0.1, 0.15) is 5.15 Å². The molecule has 1 aromatic heterocycles. The predicted octanol–water partition coefficient (Wildman–Crippen LogP) is 2.34. The lowest BCUT2D eigenvalue weighted by molar-refractivity contribution is 0.0935. The summed E-state index contributed by atoms with van der Waals surface area (Å²) in [6.07, 6.45) is 3.41. The molecule has 1 aromatic rings. The summed E-state index contributed by atoms with van der Waals surface area (Å²) < 4.78 is 0.688. The van der Waals surface area contributed by atoms with Gasteiger partial charge in [-0.3, -0.25) is 4.79 Å². The maximum absolute atomic E-state index is 12.0. The average Bonchev–Trinajstić information content (AvgIpc) is 2.33. The molecule has 0 radical (unpaired) electrons. The summed E-state index contributed by atoms with van der Waals surface area (Å²) in [6, 6.07) is 1.46. The quantitative estimate of drug-likeness (QED) is 0.798.